The summed E-state index contributed by atoms with van der Waals surface area (Å²) >= 11 is 0. The lowest BCUT2D eigenvalue weighted by Crippen LogP contribution is -2.49. The summed E-state index contributed by atoms with van der Waals surface area (Å²) in [6.07, 6.45) is 1.10. The fraction of sp³-hybridized carbons (Fsp3) is 0.316. The molecule has 0 saturated heterocycles. The van der Waals surface area contributed by atoms with E-state index in [4.69, 9.17) is 0 Å². The normalized spacial score (nSPS) is 12.3. The van der Waals surface area contributed by atoms with Crippen LogP contribution in [-0.4, -0.2) is 46.8 Å². The van der Waals surface area contributed by atoms with Crippen molar-refractivity contribution in [2.45, 2.75) is 13.0 Å². The largest absolute Gasteiger partial charge is 0.373 e. The molecule has 2 rings (SSSR count). The molecular weight excluding hydrogens is 350 g/mol. The lowest BCUT2D eigenvalue weighted by Gasteiger charge is -2.28. The van der Waals surface area contributed by atoms with Gasteiger partial charge in [0.15, 0.2) is 0 Å². The van der Waals surface area contributed by atoms with Crippen molar-refractivity contribution in [3.8, 4) is 0 Å². The highest BCUT2D eigenvalue weighted by Crippen LogP contribution is 2.20. The number of carbonyl (C=O) groups excluding carboxylic acids is 1. The highest BCUT2D eigenvalue weighted by Gasteiger charge is 2.28. The van der Waals surface area contributed by atoms with E-state index < -0.39 is 16.1 Å². The smallest absolute Gasteiger partial charge is 0.243 e. The van der Waals surface area contributed by atoms with Crippen LogP contribution in [0.4, 0.5) is 11.4 Å². The molecular formula is C19H25N3O3S. The Morgan fingerprint density at radius 2 is 1.50 bits per heavy atom. The molecule has 0 saturated carbocycles. The first-order valence-electron chi connectivity index (χ1n) is 8.39. The predicted octanol–water partition coefficient (Wildman–Crippen LogP) is 2.09. The molecule has 2 aromatic carbocycles. The van der Waals surface area contributed by atoms with Crippen LogP contribution in [0.15, 0.2) is 60.7 Å². The van der Waals surface area contributed by atoms with Gasteiger partial charge in [0.2, 0.25) is 15.9 Å². The summed E-state index contributed by atoms with van der Waals surface area (Å²) in [7, 11) is -1.64. The molecule has 26 heavy (non-hydrogen) atoms. The van der Waals surface area contributed by atoms with Crippen molar-refractivity contribution in [3.05, 3.63) is 60.7 Å². The number of anilines is 2. The number of sulfonamides is 1. The monoisotopic (exact) mass is 375 g/mol. The minimum absolute atomic E-state index is 0.333. The molecule has 0 heterocycles. The zero-order chi connectivity index (χ0) is 19.2. The van der Waals surface area contributed by atoms with Gasteiger partial charge in [0, 0.05) is 25.8 Å². The Hall–Kier alpha value is -2.54. The second kappa shape index (κ2) is 8.71. The molecule has 2 aromatic rings. The van der Waals surface area contributed by atoms with Crippen molar-refractivity contribution in [2.75, 3.05) is 35.6 Å². The van der Waals surface area contributed by atoms with Gasteiger partial charge in [-0.3, -0.25) is 9.10 Å². The number of hydrogen-bond acceptors (Lipinski definition) is 4. The number of carbonyl (C=O) groups is 1. The average molecular weight is 375 g/mol. The number of nitrogens with zero attached hydrogens (tertiary/aromatic N) is 2. The van der Waals surface area contributed by atoms with Crippen LogP contribution in [0.2, 0.25) is 0 Å². The summed E-state index contributed by atoms with van der Waals surface area (Å²) in [5, 5.41) is 2.82. The van der Waals surface area contributed by atoms with Crippen LogP contribution in [0.1, 0.15) is 6.92 Å². The van der Waals surface area contributed by atoms with Gasteiger partial charge in [-0.15, -0.1) is 0 Å². The van der Waals surface area contributed by atoms with Crippen molar-refractivity contribution in [1.82, 2.24) is 5.32 Å². The average Bonchev–Trinajstić information content (AvgIpc) is 2.62. The molecule has 0 spiro atoms. The Morgan fingerprint density at radius 3 is 2.00 bits per heavy atom. The van der Waals surface area contributed by atoms with Gasteiger partial charge in [0.25, 0.3) is 0 Å². The third kappa shape index (κ3) is 5.23. The molecule has 140 valence electrons. The Labute approximate surface area is 155 Å². The summed E-state index contributed by atoms with van der Waals surface area (Å²) in [4.78, 5) is 14.5. The van der Waals surface area contributed by atoms with E-state index in [9.17, 15) is 13.2 Å². The fourth-order valence-electron chi connectivity index (χ4n) is 2.69. The highest BCUT2D eigenvalue weighted by molar-refractivity contribution is 7.92. The zero-order valence-electron chi connectivity index (χ0n) is 15.3. The number of amides is 1. The third-order valence-electron chi connectivity index (χ3n) is 4.04. The highest BCUT2D eigenvalue weighted by atomic mass is 32.2. The number of likely N-dealkylation sites (N-methyl/N-ethyl adjacent to an activating group) is 1. The molecule has 0 radical (unpaired) electrons. The van der Waals surface area contributed by atoms with Crippen LogP contribution < -0.4 is 14.5 Å². The van der Waals surface area contributed by atoms with E-state index in [0.29, 0.717) is 18.8 Å². The molecule has 0 aliphatic carbocycles. The van der Waals surface area contributed by atoms with E-state index in [1.807, 2.05) is 42.3 Å². The Morgan fingerprint density at radius 1 is 1.00 bits per heavy atom. The number of hydrogen-bond donors (Lipinski definition) is 1. The van der Waals surface area contributed by atoms with E-state index in [1.54, 1.807) is 37.3 Å². The second-order valence-electron chi connectivity index (χ2n) is 6.12. The Balaban J connectivity index is 1.99. The van der Waals surface area contributed by atoms with Crippen LogP contribution >= 0.6 is 0 Å². The first-order valence-corrected chi connectivity index (χ1v) is 10.2. The lowest BCUT2D eigenvalue weighted by atomic mass is 10.2. The maximum atomic E-state index is 12.5. The van der Waals surface area contributed by atoms with Crippen molar-refractivity contribution >= 4 is 27.3 Å². The van der Waals surface area contributed by atoms with Crippen LogP contribution in [0, 0.1) is 0 Å². The number of nitrogens with one attached hydrogen (secondary N) is 1. The molecule has 1 amide bonds. The Kier molecular flexibility index (Phi) is 6.63. The van der Waals surface area contributed by atoms with Crippen LogP contribution in [0.3, 0.4) is 0 Å². The van der Waals surface area contributed by atoms with Gasteiger partial charge in [-0.2, -0.15) is 0 Å². The van der Waals surface area contributed by atoms with Gasteiger partial charge in [0.05, 0.1) is 11.9 Å². The fourth-order valence-corrected chi connectivity index (χ4v) is 3.86. The van der Waals surface area contributed by atoms with Crippen molar-refractivity contribution < 1.29 is 13.2 Å². The third-order valence-corrected chi connectivity index (χ3v) is 5.28. The molecule has 7 heteroatoms. The maximum Gasteiger partial charge on any atom is 0.243 e. The molecule has 0 bridgehead atoms. The molecule has 0 aromatic heterocycles. The van der Waals surface area contributed by atoms with Gasteiger partial charge >= 0.3 is 0 Å². The number of rotatable bonds is 8. The second-order valence-corrected chi connectivity index (χ2v) is 7.98. The topological polar surface area (TPSA) is 69.7 Å². The van der Waals surface area contributed by atoms with E-state index in [0.717, 1.165) is 16.2 Å². The summed E-state index contributed by atoms with van der Waals surface area (Å²) in [6, 6.07) is 17.6. The van der Waals surface area contributed by atoms with E-state index in [1.165, 1.54) is 0 Å². The minimum Gasteiger partial charge on any atom is -0.373 e. The lowest BCUT2D eigenvalue weighted by molar-refractivity contribution is -0.121. The standard InChI is InChI=1S/C19H25N3O3S/c1-16(22(26(3,24)25)18-12-8-5-9-13-18)19(23)20-14-15-21(2)17-10-6-4-7-11-17/h4-13,16H,14-15H2,1-3H3,(H,20,23)/t16-/m0/s1. The van der Waals surface area contributed by atoms with Gasteiger partial charge in [-0.05, 0) is 31.2 Å². The molecule has 6 nitrogen and oxygen atoms in total. The first kappa shape index (κ1) is 19.8. The molecule has 0 aliphatic rings. The molecule has 1 N–H and O–H groups in total. The zero-order valence-corrected chi connectivity index (χ0v) is 16.1. The molecule has 0 aliphatic heterocycles. The van der Waals surface area contributed by atoms with E-state index >= 15 is 0 Å². The maximum absolute atomic E-state index is 12.5. The molecule has 0 unspecified atom stereocenters. The van der Waals surface area contributed by atoms with Gasteiger partial charge in [-0.25, -0.2) is 8.42 Å². The predicted molar refractivity (Wildman–Crippen MR) is 106 cm³/mol. The SMILES string of the molecule is C[C@@H](C(=O)NCCN(C)c1ccccc1)N(c1ccccc1)S(C)(=O)=O. The summed E-state index contributed by atoms with van der Waals surface area (Å²) in [5.41, 5.74) is 1.52. The first-order chi connectivity index (χ1) is 12.3. The quantitative estimate of drug-likeness (QED) is 0.767. The van der Waals surface area contributed by atoms with Crippen LogP contribution in [0.25, 0.3) is 0 Å². The summed E-state index contributed by atoms with van der Waals surface area (Å²) in [5.74, 6) is -0.333. The van der Waals surface area contributed by atoms with Crippen molar-refractivity contribution in [3.63, 3.8) is 0 Å². The number of benzene rings is 2. The van der Waals surface area contributed by atoms with E-state index in [2.05, 4.69) is 5.32 Å². The van der Waals surface area contributed by atoms with Gasteiger partial charge in [-0.1, -0.05) is 36.4 Å². The molecule has 1 atom stereocenters. The summed E-state index contributed by atoms with van der Waals surface area (Å²) in [6.45, 7) is 2.62. The van der Waals surface area contributed by atoms with Crippen molar-refractivity contribution in [1.29, 1.82) is 0 Å². The van der Waals surface area contributed by atoms with Gasteiger partial charge < -0.3 is 10.2 Å². The Bertz CT molecular complexity index is 810. The molecule has 0 fully saturated rings. The minimum atomic E-state index is -3.58. The van der Waals surface area contributed by atoms with Crippen LogP contribution in [-0.2, 0) is 14.8 Å². The van der Waals surface area contributed by atoms with Gasteiger partial charge in [0.1, 0.15) is 6.04 Å². The van der Waals surface area contributed by atoms with E-state index in [-0.39, 0.29) is 5.91 Å². The number of para-hydroxylation sites is 2. The van der Waals surface area contributed by atoms with Crippen LogP contribution in [0.5, 0.6) is 0 Å². The summed E-state index contributed by atoms with van der Waals surface area (Å²) < 4.78 is 25.5. The van der Waals surface area contributed by atoms with Crippen molar-refractivity contribution in [2.24, 2.45) is 0 Å².